The zero-order valence-corrected chi connectivity index (χ0v) is 11.9. The molecule has 0 aliphatic heterocycles. The maximum absolute atomic E-state index is 11.0. The molecule has 2 rings (SSSR count). The molecule has 0 saturated carbocycles. The molecule has 92 valence electrons. The van der Waals surface area contributed by atoms with Gasteiger partial charge in [0.25, 0.3) is 0 Å². The number of sulfonamides is 1. The van der Waals surface area contributed by atoms with Crippen LogP contribution in [0.2, 0.25) is 0 Å². The van der Waals surface area contributed by atoms with E-state index < -0.39 is 10.0 Å². The molecule has 0 amide bonds. The van der Waals surface area contributed by atoms with Gasteiger partial charge in [-0.1, -0.05) is 6.07 Å². The first-order valence-electron chi connectivity index (χ1n) is 4.90. The third-order valence-corrected chi connectivity index (χ3v) is 4.98. The molecule has 2 aromatic heterocycles. The second-order valence-corrected chi connectivity index (χ2v) is 7.46. The quantitative estimate of drug-likeness (QED) is 0.938. The summed E-state index contributed by atoms with van der Waals surface area (Å²) in [5, 5.41) is 2.95. The van der Waals surface area contributed by atoms with Crippen molar-refractivity contribution in [2.24, 2.45) is 0 Å². The van der Waals surface area contributed by atoms with Gasteiger partial charge < -0.3 is 0 Å². The van der Waals surface area contributed by atoms with E-state index in [4.69, 9.17) is 0 Å². The lowest BCUT2D eigenvalue weighted by Crippen LogP contribution is -2.20. The first-order chi connectivity index (χ1) is 7.96. The van der Waals surface area contributed by atoms with Crippen molar-refractivity contribution in [3.8, 4) is 9.88 Å². The average Bonchev–Trinajstić information content (AvgIpc) is 2.82. The predicted octanol–water partition coefficient (Wildman–Crippen LogP) is 2.23. The lowest BCUT2D eigenvalue weighted by Gasteiger charge is -1.99. The lowest BCUT2D eigenvalue weighted by molar-refractivity contribution is 0.588. The molecule has 7 heteroatoms. The van der Waals surface area contributed by atoms with Gasteiger partial charge in [-0.05, 0) is 18.4 Å². The Bertz CT molecular complexity index is 600. The molecule has 0 aliphatic rings. The number of aryl methyl sites for hydroxylation is 1. The normalized spacial score (nSPS) is 11.9. The van der Waals surface area contributed by atoms with E-state index in [1.807, 2.05) is 24.4 Å². The monoisotopic (exact) mass is 288 g/mol. The van der Waals surface area contributed by atoms with Crippen LogP contribution in [0.4, 0.5) is 0 Å². The fourth-order valence-electron chi connectivity index (χ4n) is 1.29. The van der Waals surface area contributed by atoms with Crippen LogP contribution in [0.5, 0.6) is 0 Å². The van der Waals surface area contributed by atoms with E-state index in [0.29, 0.717) is 6.54 Å². The van der Waals surface area contributed by atoms with E-state index in [9.17, 15) is 8.42 Å². The number of hydrogen-bond donors (Lipinski definition) is 1. The standard InChI is InChI=1S/C10H12N2O2S3/c1-7-9(6-11-17(2,13)14)16-10(12-7)8-4-3-5-15-8/h3-5,11H,6H2,1-2H3. The highest BCUT2D eigenvalue weighted by atomic mass is 32.2. The van der Waals surface area contributed by atoms with Gasteiger partial charge in [0.1, 0.15) is 5.01 Å². The van der Waals surface area contributed by atoms with E-state index in [0.717, 1.165) is 26.7 Å². The number of nitrogens with zero attached hydrogens (tertiary/aromatic N) is 1. The summed E-state index contributed by atoms with van der Waals surface area (Å²) in [5.74, 6) is 0. The van der Waals surface area contributed by atoms with Gasteiger partial charge in [0.15, 0.2) is 0 Å². The van der Waals surface area contributed by atoms with E-state index >= 15 is 0 Å². The first-order valence-corrected chi connectivity index (χ1v) is 8.49. The maximum Gasteiger partial charge on any atom is 0.209 e. The summed E-state index contributed by atoms with van der Waals surface area (Å²) in [7, 11) is -3.15. The largest absolute Gasteiger partial charge is 0.240 e. The van der Waals surface area contributed by atoms with Gasteiger partial charge >= 0.3 is 0 Å². The molecule has 2 heterocycles. The third kappa shape index (κ3) is 3.35. The van der Waals surface area contributed by atoms with E-state index in [1.165, 1.54) is 11.3 Å². The van der Waals surface area contributed by atoms with Crippen molar-refractivity contribution in [3.05, 3.63) is 28.1 Å². The van der Waals surface area contributed by atoms with Crippen molar-refractivity contribution < 1.29 is 8.42 Å². The number of nitrogens with one attached hydrogen (secondary N) is 1. The minimum Gasteiger partial charge on any atom is -0.240 e. The highest BCUT2D eigenvalue weighted by molar-refractivity contribution is 7.88. The Morgan fingerprint density at radius 1 is 1.47 bits per heavy atom. The fourth-order valence-corrected chi connectivity index (χ4v) is 3.59. The SMILES string of the molecule is Cc1nc(-c2cccs2)sc1CNS(C)(=O)=O. The van der Waals surface area contributed by atoms with Crippen molar-refractivity contribution in [3.63, 3.8) is 0 Å². The molecule has 0 aromatic carbocycles. The van der Waals surface area contributed by atoms with E-state index in [1.54, 1.807) is 11.3 Å². The molecule has 2 aromatic rings. The van der Waals surface area contributed by atoms with Crippen LogP contribution < -0.4 is 4.72 Å². The van der Waals surface area contributed by atoms with Gasteiger partial charge in [-0.3, -0.25) is 0 Å². The molecule has 0 spiro atoms. The smallest absolute Gasteiger partial charge is 0.209 e. The van der Waals surface area contributed by atoms with Crippen LogP contribution in [0, 0.1) is 6.92 Å². The van der Waals surface area contributed by atoms with Crippen molar-refractivity contribution >= 4 is 32.7 Å². The van der Waals surface area contributed by atoms with Gasteiger partial charge in [-0.15, -0.1) is 22.7 Å². The minimum absolute atomic E-state index is 0.313. The second kappa shape index (κ2) is 4.85. The Morgan fingerprint density at radius 3 is 2.82 bits per heavy atom. The van der Waals surface area contributed by atoms with Crippen molar-refractivity contribution in [2.75, 3.05) is 6.26 Å². The van der Waals surface area contributed by atoms with Gasteiger partial charge in [0, 0.05) is 11.4 Å². The average molecular weight is 288 g/mol. The van der Waals surface area contributed by atoms with Crippen LogP contribution in [0.25, 0.3) is 9.88 Å². The molecule has 0 aliphatic carbocycles. The molecule has 0 saturated heterocycles. The molecule has 0 atom stereocenters. The highest BCUT2D eigenvalue weighted by Crippen LogP contribution is 2.30. The maximum atomic E-state index is 11.0. The lowest BCUT2D eigenvalue weighted by atomic mass is 10.4. The summed E-state index contributed by atoms with van der Waals surface area (Å²) in [4.78, 5) is 6.52. The molecule has 0 unspecified atom stereocenters. The summed E-state index contributed by atoms with van der Waals surface area (Å²) in [6.45, 7) is 2.21. The Labute approximate surface area is 108 Å². The molecule has 0 radical (unpaired) electrons. The Kier molecular flexibility index (Phi) is 3.62. The Hall–Kier alpha value is -0.760. The topological polar surface area (TPSA) is 59.1 Å². The highest BCUT2D eigenvalue weighted by Gasteiger charge is 2.11. The number of rotatable bonds is 4. The molecule has 17 heavy (non-hydrogen) atoms. The summed E-state index contributed by atoms with van der Waals surface area (Å²) in [6.07, 6.45) is 1.16. The third-order valence-electron chi connectivity index (χ3n) is 2.12. The van der Waals surface area contributed by atoms with Gasteiger partial charge in [0.2, 0.25) is 10.0 Å². The van der Waals surface area contributed by atoms with Gasteiger partial charge in [-0.2, -0.15) is 0 Å². The summed E-state index contributed by atoms with van der Waals surface area (Å²) in [6, 6.07) is 3.99. The molecule has 4 nitrogen and oxygen atoms in total. The second-order valence-electron chi connectivity index (χ2n) is 3.60. The van der Waals surface area contributed by atoms with Crippen LogP contribution >= 0.6 is 22.7 Å². The van der Waals surface area contributed by atoms with E-state index in [-0.39, 0.29) is 0 Å². The number of thiazole rings is 1. The Morgan fingerprint density at radius 2 is 2.24 bits per heavy atom. The zero-order valence-electron chi connectivity index (χ0n) is 9.43. The Balaban J connectivity index is 2.20. The van der Waals surface area contributed by atoms with Crippen LogP contribution in [0.3, 0.4) is 0 Å². The van der Waals surface area contributed by atoms with Gasteiger partial charge in [0.05, 0.1) is 16.8 Å². The molecule has 1 N–H and O–H groups in total. The molecule has 0 bridgehead atoms. The first kappa shape index (κ1) is 12.7. The van der Waals surface area contributed by atoms with Crippen LogP contribution in [0.15, 0.2) is 17.5 Å². The van der Waals surface area contributed by atoms with Crippen molar-refractivity contribution in [2.45, 2.75) is 13.5 Å². The van der Waals surface area contributed by atoms with Gasteiger partial charge in [-0.25, -0.2) is 18.1 Å². The molecular formula is C10H12N2O2S3. The number of hydrogen-bond acceptors (Lipinski definition) is 5. The van der Waals surface area contributed by atoms with Crippen molar-refractivity contribution in [1.29, 1.82) is 0 Å². The number of aromatic nitrogens is 1. The summed E-state index contributed by atoms with van der Waals surface area (Å²) >= 11 is 3.16. The van der Waals surface area contributed by atoms with E-state index in [2.05, 4.69) is 9.71 Å². The predicted molar refractivity (Wildman–Crippen MR) is 71.8 cm³/mol. The fraction of sp³-hybridized carbons (Fsp3) is 0.300. The molecule has 0 fully saturated rings. The van der Waals surface area contributed by atoms with Crippen molar-refractivity contribution in [1.82, 2.24) is 9.71 Å². The zero-order chi connectivity index (χ0) is 12.5. The summed E-state index contributed by atoms with van der Waals surface area (Å²) < 4.78 is 24.5. The number of thiophene rings is 1. The van der Waals surface area contributed by atoms with Crippen LogP contribution in [-0.2, 0) is 16.6 Å². The summed E-state index contributed by atoms with van der Waals surface area (Å²) in [5.41, 5.74) is 0.884. The van der Waals surface area contributed by atoms with Crippen LogP contribution in [0.1, 0.15) is 10.6 Å². The molecular weight excluding hydrogens is 276 g/mol. The minimum atomic E-state index is -3.15. The van der Waals surface area contributed by atoms with Crippen LogP contribution in [-0.4, -0.2) is 19.7 Å².